The first kappa shape index (κ1) is 20.1. The lowest BCUT2D eigenvalue weighted by Crippen LogP contribution is -2.28. The van der Waals surface area contributed by atoms with Gasteiger partial charge in [-0.25, -0.2) is 15.0 Å². The Morgan fingerprint density at radius 2 is 2.07 bits per heavy atom. The SMILES string of the molecule is CNc1nc(C)c(-c2nc(Nc3cccc(N4CCNC(=O)CC4)c3)ncc2C)s1. The highest BCUT2D eigenvalue weighted by Crippen LogP contribution is 2.33. The Hall–Kier alpha value is -3.20. The number of rotatable bonds is 5. The number of hydrogen-bond donors (Lipinski definition) is 3. The van der Waals surface area contributed by atoms with E-state index in [4.69, 9.17) is 4.98 Å². The predicted molar refractivity (Wildman–Crippen MR) is 122 cm³/mol. The van der Waals surface area contributed by atoms with Crippen molar-refractivity contribution in [2.45, 2.75) is 20.3 Å². The van der Waals surface area contributed by atoms with E-state index in [0.29, 0.717) is 25.5 Å². The first-order valence-corrected chi connectivity index (χ1v) is 10.7. The maximum atomic E-state index is 11.6. The zero-order valence-corrected chi connectivity index (χ0v) is 18.1. The second kappa shape index (κ2) is 8.66. The van der Waals surface area contributed by atoms with Crippen LogP contribution in [0.4, 0.5) is 22.5 Å². The molecule has 4 rings (SSSR count). The number of aryl methyl sites for hydroxylation is 2. The van der Waals surface area contributed by atoms with Gasteiger partial charge in [0.1, 0.15) is 0 Å². The van der Waals surface area contributed by atoms with E-state index in [1.54, 1.807) is 11.3 Å². The average molecular weight is 424 g/mol. The van der Waals surface area contributed by atoms with E-state index in [2.05, 4.69) is 43.0 Å². The number of nitrogens with zero attached hydrogens (tertiary/aromatic N) is 4. The number of anilines is 4. The van der Waals surface area contributed by atoms with Gasteiger partial charge >= 0.3 is 0 Å². The van der Waals surface area contributed by atoms with Crippen molar-refractivity contribution in [3.05, 3.63) is 41.7 Å². The summed E-state index contributed by atoms with van der Waals surface area (Å²) in [6.45, 7) is 6.15. The number of carbonyl (C=O) groups is 1. The van der Waals surface area contributed by atoms with Gasteiger partial charge in [-0.15, -0.1) is 0 Å². The molecule has 2 aromatic heterocycles. The summed E-state index contributed by atoms with van der Waals surface area (Å²) in [6.07, 6.45) is 2.34. The highest BCUT2D eigenvalue weighted by Gasteiger charge is 2.16. The molecule has 1 saturated heterocycles. The summed E-state index contributed by atoms with van der Waals surface area (Å²) in [7, 11) is 1.87. The molecule has 1 fully saturated rings. The molecular weight excluding hydrogens is 398 g/mol. The van der Waals surface area contributed by atoms with Crippen molar-refractivity contribution in [3.8, 4) is 10.6 Å². The van der Waals surface area contributed by atoms with Gasteiger partial charge in [0, 0.05) is 50.7 Å². The van der Waals surface area contributed by atoms with Gasteiger partial charge < -0.3 is 20.9 Å². The molecule has 1 aromatic carbocycles. The molecule has 3 aromatic rings. The minimum atomic E-state index is 0.104. The third-order valence-corrected chi connectivity index (χ3v) is 6.16. The van der Waals surface area contributed by atoms with Gasteiger partial charge in [0.15, 0.2) is 5.13 Å². The van der Waals surface area contributed by atoms with Crippen LogP contribution in [0.25, 0.3) is 10.6 Å². The number of benzene rings is 1. The minimum Gasteiger partial charge on any atom is -0.369 e. The van der Waals surface area contributed by atoms with Gasteiger partial charge in [0.25, 0.3) is 0 Å². The van der Waals surface area contributed by atoms with Crippen molar-refractivity contribution in [2.75, 3.05) is 42.2 Å². The van der Waals surface area contributed by atoms with Gasteiger partial charge in [-0.05, 0) is 37.6 Å². The Bertz CT molecular complexity index is 1070. The number of amides is 1. The fraction of sp³-hybridized carbons (Fsp3) is 0.333. The molecule has 0 spiro atoms. The Morgan fingerprint density at radius 3 is 2.87 bits per heavy atom. The first-order chi connectivity index (χ1) is 14.5. The van der Waals surface area contributed by atoms with E-state index < -0.39 is 0 Å². The molecule has 0 unspecified atom stereocenters. The van der Waals surface area contributed by atoms with Crippen LogP contribution >= 0.6 is 11.3 Å². The monoisotopic (exact) mass is 423 g/mol. The standard InChI is InChI=1S/C21H25N7OS/c1-13-12-24-20(27-18(13)19-14(2)25-21(22-3)30-19)26-15-5-4-6-16(11-15)28-9-7-17(29)23-8-10-28/h4-6,11-12H,7-10H2,1-3H3,(H,22,25)(H,23,29)(H,24,26,27). The maximum absolute atomic E-state index is 11.6. The Kier molecular flexibility index (Phi) is 5.80. The summed E-state index contributed by atoms with van der Waals surface area (Å²) in [4.78, 5) is 28.6. The molecule has 3 N–H and O–H groups in total. The van der Waals surface area contributed by atoms with Crippen LogP contribution in [-0.2, 0) is 4.79 Å². The summed E-state index contributed by atoms with van der Waals surface area (Å²) in [5.41, 5.74) is 4.81. The molecule has 1 aliphatic heterocycles. The molecule has 156 valence electrons. The molecule has 0 aliphatic carbocycles. The molecule has 0 saturated carbocycles. The third-order valence-electron chi connectivity index (χ3n) is 4.98. The fourth-order valence-corrected chi connectivity index (χ4v) is 4.36. The van der Waals surface area contributed by atoms with Crippen LogP contribution in [0, 0.1) is 13.8 Å². The van der Waals surface area contributed by atoms with Crippen LogP contribution in [0.3, 0.4) is 0 Å². The summed E-state index contributed by atoms with van der Waals surface area (Å²) in [5.74, 6) is 0.645. The molecule has 0 bridgehead atoms. The number of nitrogens with one attached hydrogen (secondary N) is 3. The lowest BCUT2D eigenvalue weighted by atomic mass is 10.2. The van der Waals surface area contributed by atoms with Crippen LogP contribution in [-0.4, -0.2) is 47.5 Å². The van der Waals surface area contributed by atoms with Crippen molar-refractivity contribution >= 4 is 39.7 Å². The number of carbonyl (C=O) groups excluding carboxylic acids is 1. The number of thiazole rings is 1. The second-order valence-electron chi connectivity index (χ2n) is 7.17. The summed E-state index contributed by atoms with van der Waals surface area (Å²) in [6, 6.07) is 8.11. The van der Waals surface area contributed by atoms with E-state index in [1.165, 1.54) is 0 Å². The Labute approximate surface area is 179 Å². The van der Waals surface area contributed by atoms with Crippen LogP contribution in [0.15, 0.2) is 30.5 Å². The van der Waals surface area contributed by atoms with Gasteiger partial charge in [-0.1, -0.05) is 17.4 Å². The molecule has 1 amide bonds. The maximum Gasteiger partial charge on any atom is 0.227 e. The molecule has 30 heavy (non-hydrogen) atoms. The lowest BCUT2D eigenvalue weighted by Gasteiger charge is -2.22. The van der Waals surface area contributed by atoms with Crippen LogP contribution < -0.4 is 20.9 Å². The van der Waals surface area contributed by atoms with Gasteiger partial charge in [0.05, 0.1) is 16.3 Å². The van der Waals surface area contributed by atoms with Crippen LogP contribution in [0.2, 0.25) is 0 Å². The van der Waals surface area contributed by atoms with Crippen molar-refractivity contribution in [1.82, 2.24) is 20.3 Å². The third kappa shape index (κ3) is 4.35. The predicted octanol–water partition coefficient (Wildman–Crippen LogP) is 3.33. The van der Waals surface area contributed by atoms with Crippen molar-refractivity contribution in [1.29, 1.82) is 0 Å². The molecule has 3 heterocycles. The van der Waals surface area contributed by atoms with E-state index in [-0.39, 0.29) is 5.91 Å². The molecule has 0 atom stereocenters. The molecule has 1 aliphatic rings. The average Bonchev–Trinajstić information content (AvgIpc) is 2.98. The summed E-state index contributed by atoms with van der Waals surface area (Å²) < 4.78 is 0. The normalized spacial score (nSPS) is 14.2. The van der Waals surface area contributed by atoms with Gasteiger partial charge in [-0.2, -0.15) is 0 Å². The summed E-state index contributed by atoms with van der Waals surface area (Å²) in [5, 5.41) is 10.2. The van der Waals surface area contributed by atoms with Crippen molar-refractivity contribution < 1.29 is 4.79 Å². The highest BCUT2D eigenvalue weighted by molar-refractivity contribution is 7.19. The van der Waals surface area contributed by atoms with Crippen LogP contribution in [0.5, 0.6) is 0 Å². The lowest BCUT2D eigenvalue weighted by molar-refractivity contribution is -0.120. The number of hydrogen-bond acceptors (Lipinski definition) is 8. The Balaban J connectivity index is 1.57. The largest absolute Gasteiger partial charge is 0.369 e. The first-order valence-electron chi connectivity index (χ1n) is 9.91. The summed E-state index contributed by atoms with van der Waals surface area (Å²) >= 11 is 1.58. The van der Waals surface area contributed by atoms with E-state index >= 15 is 0 Å². The Morgan fingerprint density at radius 1 is 1.20 bits per heavy atom. The molecule has 9 heteroatoms. The van der Waals surface area contributed by atoms with E-state index in [9.17, 15) is 4.79 Å². The molecule has 8 nitrogen and oxygen atoms in total. The van der Waals surface area contributed by atoms with Gasteiger partial charge in [0.2, 0.25) is 11.9 Å². The van der Waals surface area contributed by atoms with Crippen molar-refractivity contribution in [2.24, 2.45) is 0 Å². The van der Waals surface area contributed by atoms with E-state index in [0.717, 1.165) is 44.9 Å². The zero-order chi connectivity index (χ0) is 21.1. The zero-order valence-electron chi connectivity index (χ0n) is 17.3. The van der Waals surface area contributed by atoms with E-state index in [1.807, 2.05) is 39.2 Å². The van der Waals surface area contributed by atoms with Gasteiger partial charge in [-0.3, -0.25) is 4.79 Å². The fourth-order valence-electron chi connectivity index (χ4n) is 3.39. The minimum absolute atomic E-state index is 0.104. The van der Waals surface area contributed by atoms with Crippen LogP contribution in [0.1, 0.15) is 17.7 Å². The second-order valence-corrected chi connectivity index (χ2v) is 8.17. The highest BCUT2D eigenvalue weighted by atomic mass is 32.1. The van der Waals surface area contributed by atoms with Crippen molar-refractivity contribution in [3.63, 3.8) is 0 Å². The topological polar surface area (TPSA) is 95.1 Å². The smallest absolute Gasteiger partial charge is 0.227 e. The quantitative estimate of drug-likeness (QED) is 0.579. The molecular formula is C21H25N7OS. The number of aromatic nitrogens is 3. The molecule has 0 radical (unpaired) electrons.